The summed E-state index contributed by atoms with van der Waals surface area (Å²) in [4.78, 5) is 16.2. The topological polar surface area (TPSA) is 41.5 Å². The van der Waals surface area contributed by atoms with Crippen molar-refractivity contribution in [1.29, 1.82) is 0 Å². The maximum atomic E-state index is 14.3. The highest BCUT2D eigenvalue weighted by atomic mass is 32.2. The van der Waals surface area contributed by atoms with E-state index in [1.54, 1.807) is 0 Å². The summed E-state index contributed by atoms with van der Waals surface area (Å²) in [6, 6.07) is 4.30. The Labute approximate surface area is 141 Å². The van der Waals surface area contributed by atoms with Crippen molar-refractivity contribution in [1.82, 2.24) is 5.32 Å². The molecule has 1 amide bonds. The fourth-order valence-electron chi connectivity index (χ4n) is 2.30. The summed E-state index contributed by atoms with van der Waals surface area (Å²) < 4.78 is 52.2. The van der Waals surface area contributed by atoms with Crippen LogP contribution in [0.1, 0.15) is 44.9 Å². The standard InChI is InChI=1S/C16H18F4N2OS/c1-9(10-7-5-6-8-11(10)16(18,19)20)21-13-22-12(23)15(4,24-13)14(2,3)17/h5-9H,1-4H3,(H,21,22,23)/t9-,15+/m0/s1. The lowest BCUT2D eigenvalue weighted by Crippen LogP contribution is -2.48. The average molecular weight is 362 g/mol. The summed E-state index contributed by atoms with van der Waals surface area (Å²) >= 11 is 0.897. The molecule has 132 valence electrons. The van der Waals surface area contributed by atoms with Gasteiger partial charge in [-0.3, -0.25) is 9.79 Å². The first-order chi connectivity index (χ1) is 10.9. The highest BCUT2D eigenvalue weighted by Crippen LogP contribution is 2.43. The Morgan fingerprint density at radius 1 is 1.21 bits per heavy atom. The minimum Gasteiger partial charge on any atom is -0.304 e. The molecular weight excluding hydrogens is 344 g/mol. The maximum absolute atomic E-state index is 14.3. The first kappa shape index (κ1) is 18.8. The third-order valence-electron chi connectivity index (χ3n) is 4.12. The van der Waals surface area contributed by atoms with Gasteiger partial charge in [0.2, 0.25) is 5.91 Å². The van der Waals surface area contributed by atoms with Crippen molar-refractivity contribution in [3.63, 3.8) is 0 Å². The number of thioether (sulfide) groups is 1. The summed E-state index contributed by atoms with van der Waals surface area (Å²) in [5.74, 6) is -0.546. The van der Waals surface area contributed by atoms with Gasteiger partial charge in [0.1, 0.15) is 10.4 Å². The number of nitrogens with zero attached hydrogens (tertiary/aromatic N) is 1. The van der Waals surface area contributed by atoms with Gasteiger partial charge in [-0.15, -0.1) is 0 Å². The van der Waals surface area contributed by atoms with E-state index in [1.165, 1.54) is 45.9 Å². The van der Waals surface area contributed by atoms with E-state index in [9.17, 15) is 22.4 Å². The molecule has 1 N–H and O–H groups in total. The highest BCUT2D eigenvalue weighted by Gasteiger charge is 2.54. The minimum atomic E-state index is -4.49. The lowest BCUT2D eigenvalue weighted by Gasteiger charge is -2.29. The molecule has 0 radical (unpaired) electrons. The SMILES string of the molecule is C[C@H](N=C1NC(=O)[C@](C)(C(C)(C)F)S1)c1ccccc1C(F)(F)F. The van der Waals surface area contributed by atoms with Gasteiger partial charge in [0, 0.05) is 0 Å². The number of nitrogens with one attached hydrogen (secondary N) is 1. The largest absolute Gasteiger partial charge is 0.416 e. The molecule has 1 saturated heterocycles. The maximum Gasteiger partial charge on any atom is 0.416 e. The van der Waals surface area contributed by atoms with Gasteiger partial charge in [0.05, 0.1) is 11.6 Å². The quantitative estimate of drug-likeness (QED) is 0.805. The van der Waals surface area contributed by atoms with E-state index in [0.717, 1.165) is 17.8 Å². The molecule has 0 bridgehead atoms. The molecular formula is C16H18F4N2OS. The molecule has 1 aliphatic rings. The molecule has 24 heavy (non-hydrogen) atoms. The van der Waals surface area contributed by atoms with Gasteiger partial charge in [0.15, 0.2) is 5.17 Å². The minimum absolute atomic E-state index is 0.000427. The van der Waals surface area contributed by atoms with Crippen LogP contribution in [0, 0.1) is 0 Å². The van der Waals surface area contributed by atoms with Crippen molar-refractivity contribution in [3.05, 3.63) is 35.4 Å². The number of halogens is 4. The van der Waals surface area contributed by atoms with Gasteiger partial charge in [-0.1, -0.05) is 30.0 Å². The average Bonchev–Trinajstić information content (AvgIpc) is 2.73. The monoisotopic (exact) mass is 362 g/mol. The van der Waals surface area contributed by atoms with Crippen LogP contribution in [0.5, 0.6) is 0 Å². The van der Waals surface area contributed by atoms with E-state index in [4.69, 9.17) is 0 Å². The van der Waals surface area contributed by atoms with Gasteiger partial charge >= 0.3 is 6.18 Å². The van der Waals surface area contributed by atoms with E-state index in [0.29, 0.717) is 0 Å². The predicted molar refractivity (Wildman–Crippen MR) is 86.6 cm³/mol. The van der Waals surface area contributed by atoms with Gasteiger partial charge in [-0.05, 0) is 39.3 Å². The summed E-state index contributed by atoms with van der Waals surface area (Å²) in [6.45, 7) is 5.51. The van der Waals surface area contributed by atoms with Gasteiger partial charge < -0.3 is 5.32 Å². The zero-order valence-corrected chi connectivity index (χ0v) is 14.5. The van der Waals surface area contributed by atoms with Crippen LogP contribution in [0.3, 0.4) is 0 Å². The Balaban J connectivity index is 2.33. The molecule has 2 atom stereocenters. The zero-order valence-electron chi connectivity index (χ0n) is 13.7. The second-order valence-electron chi connectivity index (χ2n) is 6.26. The molecule has 8 heteroatoms. The van der Waals surface area contributed by atoms with Crippen LogP contribution in [0.25, 0.3) is 0 Å². The van der Waals surface area contributed by atoms with Crippen LogP contribution in [0.2, 0.25) is 0 Å². The van der Waals surface area contributed by atoms with Crippen LogP contribution >= 0.6 is 11.8 Å². The molecule has 2 rings (SSSR count). The van der Waals surface area contributed by atoms with E-state index in [1.807, 2.05) is 0 Å². The molecule has 1 fully saturated rings. The van der Waals surface area contributed by atoms with Crippen molar-refractivity contribution in [3.8, 4) is 0 Å². The van der Waals surface area contributed by atoms with Crippen LogP contribution in [-0.4, -0.2) is 21.5 Å². The Hall–Kier alpha value is -1.57. The predicted octanol–water partition coefficient (Wildman–Crippen LogP) is 4.49. The molecule has 0 spiro atoms. The van der Waals surface area contributed by atoms with Crippen molar-refractivity contribution >= 4 is 22.8 Å². The lowest BCUT2D eigenvalue weighted by molar-refractivity contribution is -0.138. The normalized spacial score (nSPS) is 25.0. The van der Waals surface area contributed by atoms with Crippen LogP contribution in [0.4, 0.5) is 17.6 Å². The first-order valence-corrected chi connectivity index (χ1v) is 8.11. The number of carbonyl (C=O) groups excluding carboxylic acids is 1. The molecule has 1 aromatic rings. The van der Waals surface area contributed by atoms with E-state index >= 15 is 0 Å². The number of alkyl halides is 4. The molecule has 3 nitrogen and oxygen atoms in total. The van der Waals surface area contributed by atoms with E-state index in [-0.39, 0.29) is 10.7 Å². The van der Waals surface area contributed by atoms with Crippen molar-refractivity contribution in [2.45, 2.75) is 50.3 Å². The van der Waals surface area contributed by atoms with Crippen molar-refractivity contribution in [2.75, 3.05) is 0 Å². The fourth-order valence-corrected chi connectivity index (χ4v) is 3.42. The molecule has 1 aliphatic heterocycles. The van der Waals surface area contributed by atoms with Crippen LogP contribution in [-0.2, 0) is 11.0 Å². The second-order valence-corrected chi connectivity index (χ2v) is 7.66. The molecule has 0 saturated carbocycles. The van der Waals surface area contributed by atoms with E-state index < -0.39 is 34.1 Å². The number of amidine groups is 1. The molecule has 0 unspecified atom stereocenters. The van der Waals surface area contributed by atoms with Gasteiger partial charge in [0.25, 0.3) is 0 Å². The number of aliphatic imine (C=N–C) groups is 1. The summed E-state index contributed by atoms with van der Waals surface area (Å²) in [6.07, 6.45) is -4.49. The summed E-state index contributed by atoms with van der Waals surface area (Å²) in [7, 11) is 0. The Bertz CT molecular complexity index is 681. The second kappa shape index (κ2) is 6.06. The summed E-state index contributed by atoms with van der Waals surface area (Å²) in [5, 5.41) is 2.59. The van der Waals surface area contributed by atoms with Crippen LogP contribution in [0.15, 0.2) is 29.3 Å². The lowest BCUT2D eigenvalue weighted by atomic mass is 9.93. The third-order valence-corrected chi connectivity index (χ3v) is 5.60. The van der Waals surface area contributed by atoms with Crippen LogP contribution < -0.4 is 5.32 Å². The molecule has 1 heterocycles. The van der Waals surface area contributed by atoms with Gasteiger partial charge in [-0.2, -0.15) is 13.2 Å². The Morgan fingerprint density at radius 2 is 1.79 bits per heavy atom. The van der Waals surface area contributed by atoms with E-state index in [2.05, 4.69) is 10.3 Å². The Morgan fingerprint density at radius 3 is 2.29 bits per heavy atom. The molecule has 1 aromatic carbocycles. The number of carbonyl (C=O) groups is 1. The number of hydrogen-bond acceptors (Lipinski definition) is 3. The molecule has 0 aromatic heterocycles. The number of hydrogen-bond donors (Lipinski definition) is 1. The zero-order chi connectivity index (χ0) is 18.3. The Kier molecular flexibility index (Phi) is 4.74. The highest BCUT2D eigenvalue weighted by molar-refractivity contribution is 8.16. The van der Waals surface area contributed by atoms with Crippen molar-refractivity contribution in [2.24, 2.45) is 4.99 Å². The smallest absolute Gasteiger partial charge is 0.304 e. The summed E-state index contributed by atoms with van der Waals surface area (Å²) in [5.41, 5.74) is -2.59. The first-order valence-electron chi connectivity index (χ1n) is 7.29. The fraction of sp³-hybridized carbons (Fsp3) is 0.500. The number of rotatable bonds is 3. The number of benzene rings is 1. The van der Waals surface area contributed by atoms with Crippen molar-refractivity contribution < 1.29 is 22.4 Å². The number of amides is 1. The third kappa shape index (κ3) is 3.43. The molecule has 0 aliphatic carbocycles. The van der Waals surface area contributed by atoms with Gasteiger partial charge in [-0.25, -0.2) is 4.39 Å².